The predicted octanol–water partition coefficient (Wildman–Crippen LogP) is 0.941. The molecule has 2 amide bonds. The first-order valence-electron chi connectivity index (χ1n) is 8.61. The van der Waals surface area contributed by atoms with Crippen LogP contribution in [0.2, 0.25) is 0 Å². The zero-order chi connectivity index (χ0) is 17.4. The Kier molecular flexibility index (Phi) is 7.06. The van der Waals surface area contributed by atoms with Gasteiger partial charge in [0.25, 0.3) is 0 Å². The molecule has 0 radical (unpaired) electrons. The fourth-order valence-corrected chi connectivity index (χ4v) is 2.91. The second kappa shape index (κ2) is 9.27. The molecule has 0 bridgehead atoms. The Balaban J connectivity index is 1.88. The number of carbonyl (C=O) groups is 2. The molecule has 2 rings (SSSR count). The Bertz CT molecular complexity index is 545. The second-order valence-corrected chi connectivity index (χ2v) is 6.01. The van der Waals surface area contributed by atoms with E-state index in [0.29, 0.717) is 32.7 Å². The highest BCUT2D eigenvalue weighted by molar-refractivity contribution is 5.82. The van der Waals surface area contributed by atoms with Gasteiger partial charge in [0, 0.05) is 26.2 Å². The lowest BCUT2D eigenvalue weighted by atomic mass is 9.96. The standard InChI is InChI=1S/C18H27N3O3/c1-2-24-16-7-5-14(6-8-16)12-17(22)21-11-3-4-15(13-21)18(23)20-10-9-19/h5-8,15H,2-4,9-13,19H2,1H3,(H,20,23). The minimum atomic E-state index is -0.130. The molecule has 1 heterocycles. The van der Waals surface area contributed by atoms with Gasteiger partial charge in [-0.2, -0.15) is 0 Å². The summed E-state index contributed by atoms with van der Waals surface area (Å²) in [6, 6.07) is 7.59. The summed E-state index contributed by atoms with van der Waals surface area (Å²) in [5.74, 6) is 0.743. The van der Waals surface area contributed by atoms with Gasteiger partial charge in [-0.15, -0.1) is 0 Å². The molecule has 1 atom stereocenters. The summed E-state index contributed by atoms with van der Waals surface area (Å²) < 4.78 is 5.41. The number of piperidine rings is 1. The van der Waals surface area contributed by atoms with Crippen molar-refractivity contribution in [3.8, 4) is 5.75 Å². The summed E-state index contributed by atoms with van der Waals surface area (Å²) in [6.07, 6.45) is 2.03. The summed E-state index contributed by atoms with van der Waals surface area (Å²) >= 11 is 0. The number of benzene rings is 1. The summed E-state index contributed by atoms with van der Waals surface area (Å²) in [4.78, 5) is 26.4. The average Bonchev–Trinajstić information content (AvgIpc) is 2.61. The summed E-state index contributed by atoms with van der Waals surface area (Å²) in [7, 11) is 0. The van der Waals surface area contributed by atoms with Crippen LogP contribution in [0.1, 0.15) is 25.3 Å². The highest BCUT2D eigenvalue weighted by Crippen LogP contribution is 2.18. The number of nitrogens with two attached hydrogens (primary N) is 1. The van der Waals surface area contributed by atoms with E-state index in [1.807, 2.05) is 31.2 Å². The third-order valence-corrected chi connectivity index (χ3v) is 4.18. The fraction of sp³-hybridized carbons (Fsp3) is 0.556. The molecule has 1 aliphatic rings. The van der Waals surface area contributed by atoms with E-state index in [4.69, 9.17) is 10.5 Å². The van der Waals surface area contributed by atoms with Crippen LogP contribution in [0.5, 0.6) is 5.75 Å². The van der Waals surface area contributed by atoms with E-state index in [-0.39, 0.29) is 17.7 Å². The lowest BCUT2D eigenvalue weighted by Gasteiger charge is -2.32. The van der Waals surface area contributed by atoms with Crippen LogP contribution in [-0.4, -0.2) is 49.5 Å². The molecule has 1 aromatic rings. The van der Waals surface area contributed by atoms with Gasteiger partial charge in [0.15, 0.2) is 0 Å². The number of likely N-dealkylation sites (tertiary alicyclic amines) is 1. The van der Waals surface area contributed by atoms with E-state index in [2.05, 4.69) is 5.32 Å². The Hall–Kier alpha value is -2.08. The SMILES string of the molecule is CCOc1ccc(CC(=O)N2CCCC(C(=O)NCCN)C2)cc1. The normalized spacial score (nSPS) is 17.4. The third-order valence-electron chi connectivity index (χ3n) is 4.18. The molecule has 1 unspecified atom stereocenters. The Morgan fingerprint density at radius 2 is 2.08 bits per heavy atom. The second-order valence-electron chi connectivity index (χ2n) is 6.01. The van der Waals surface area contributed by atoms with E-state index < -0.39 is 0 Å². The first kappa shape index (κ1) is 18.3. The topological polar surface area (TPSA) is 84.7 Å². The zero-order valence-corrected chi connectivity index (χ0v) is 14.3. The lowest BCUT2D eigenvalue weighted by molar-refractivity contribution is -0.135. The van der Waals surface area contributed by atoms with Gasteiger partial charge in [-0.05, 0) is 37.5 Å². The van der Waals surface area contributed by atoms with Gasteiger partial charge in [-0.25, -0.2) is 0 Å². The van der Waals surface area contributed by atoms with Crippen molar-refractivity contribution < 1.29 is 14.3 Å². The fourth-order valence-electron chi connectivity index (χ4n) is 2.91. The molecule has 6 heteroatoms. The molecule has 3 N–H and O–H groups in total. The van der Waals surface area contributed by atoms with Gasteiger partial charge >= 0.3 is 0 Å². The number of amides is 2. The molecular formula is C18H27N3O3. The van der Waals surface area contributed by atoms with Gasteiger partial charge < -0.3 is 20.7 Å². The summed E-state index contributed by atoms with van der Waals surface area (Å²) in [5.41, 5.74) is 6.37. The van der Waals surface area contributed by atoms with E-state index in [0.717, 1.165) is 30.7 Å². The van der Waals surface area contributed by atoms with Crippen LogP contribution >= 0.6 is 0 Å². The van der Waals surface area contributed by atoms with Crippen molar-refractivity contribution in [2.75, 3.05) is 32.8 Å². The van der Waals surface area contributed by atoms with E-state index in [1.54, 1.807) is 4.90 Å². The van der Waals surface area contributed by atoms with Gasteiger partial charge in [-0.3, -0.25) is 9.59 Å². The van der Waals surface area contributed by atoms with Crippen molar-refractivity contribution in [3.05, 3.63) is 29.8 Å². The minimum Gasteiger partial charge on any atom is -0.494 e. The number of ether oxygens (including phenoxy) is 1. The van der Waals surface area contributed by atoms with Crippen LogP contribution < -0.4 is 15.8 Å². The molecule has 1 saturated heterocycles. The minimum absolute atomic E-state index is 0.000910. The van der Waals surface area contributed by atoms with Crippen molar-refractivity contribution in [2.24, 2.45) is 11.7 Å². The van der Waals surface area contributed by atoms with Crippen LogP contribution in [0.25, 0.3) is 0 Å². The lowest BCUT2D eigenvalue weighted by Crippen LogP contribution is -2.46. The molecule has 24 heavy (non-hydrogen) atoms. The molecule has 132 valence electrons. The van der Waals surface area contributed by atoms with Crippen molar-refractivity contribution in [1.82, 2.24) is 10.2 Å². The first-order chi connectivity index (χ1) is 11.6. The quantitative estimate of drug-likeness (QED) is 0.778. The van der Waals surface area contributed by atoms with Gasteiger partial charge in [0.2, 0.25) is 11.8 Å². The Morgan fingerprint density at radius 1 is 1.33 bits per heavy atom. The predicted molar refractivity (Wildman–Crippen MR) is 92.7 cm³/mol. The van der Waals surface area contributed by atoms with E-state index >= 15 is 0 Å². The largest absolute Gasteiger partial charge is 0.494 e. The van der Waals surface area contributed by atoms with Gasteiger partial charge in [-0.1, -0.05) is 12.1 Å². The van der Waals surface area contributed by atoms with Crippen molar-refractivity contribution in [2.45, 2.75) is 26.2 Å². The Labute approximate surface area is 143 Å². The van der Waals surface area contributed by atoms with Crippen molar-refractivity contribution in [3.63, 3.8) is 0 Å². The number of nitrogens with one attached hydrogen (secondary N) is 1. The number of rotatable bonds is 7. The molecule has 1 fully saturated rings. The number of hydrogen-bond donors (Lipinski definition) is 2. The highest BCUT2D eigenvalue weighted by Gasteiger charge is 2.28. The molecule has 0 spiro atoms. The first-order valence-corrected chi connectivity index (χ1v) is 8.61. The molecule has 1 aliphatic heterocycles. The van der Waals surface area contributed by atoms with E-state index in [1.165, 1.54) is 0 Å². The molecule has 0 aromatic heterocycles. The van der Waals surface area contributed by atoms with Crippen LogP contribution in [0, 0.1) is 5.92 Å². The smallest absolute Gasteiger partial charge is 0.227 e. The van der Waals surface area contributed by atoms with Crippen LogP contribution in [0.15, 0.2) is 24.3 Å². The maximum absolute atomic E-state index is 12.5. The molecule has 0 aliphatic carbocycles. The van der Waals surface area contributed by atoms with Gasteiger partial charge in [0.1, 0.15) is 5.75 Å². The summed E-state index contributed by atoms with van der Waals surface area (Å²) in [5, 5.41) is 2.81. The molecule has 1 aromatic carbocycles. The number of hydrogen-bond acceptors (Lipinski definition) is 4. The molecule has 6 nitrogen and oxygen atoms in total. The van der Waals surface area contributed by atoms with Crippen LogP contribution in [-0.2, 0) is 16.0 Å². The zero-order valence-electron chi connectivity index (χ0n) is 14.3. The summed E-state index contributed by atoms with van der Waals surface area (Å²) in [6.45, 7) is 4.69. The maximum atomic E-state index is 12.5. The number of carbonyl (C=O) groups excluding carboxylic acids is 2. The monoisotopic (exact) mass is 333 g/mol. The van der Waals surface area contributed by atoms with Crippen molar-refractivity contribution >= 4 is 11.8 Å². The average molecular weight is 333 g/mol. The van der Waals surface area contributed by atoms with E-state index in [9.17, 15) is 9.59 Å². The Morgan fingerprint density at radius 3 is 2.75 bits per heavy atom. The van der Waals surface area contributed by atoms with Crippen LogP contribution in [0.4, 0.5) is 0 Å². The van der Waals surface area contributed by atoms with Crippen molar-refractivity contribution in [1.29, 1.82) is 0 Å². The molecular weight excluding hydrogens is 306 g/mol. The van der Waals surface area contributed by atoms with Gasteiger partial charge in [0.05, 0.1) is 18.9 Å². The van der Waals surface area contributed by atoms with Crippen LogP contribution in [0.3, 0.4) is 0 Å². The third kappa shape index (κ3) is 5.23. The number of nitrogens with zero attached hydrogens (tertiary/aromatic N) is 1. The highest BCUT2D eigenvalue weighted by atomic mass is 16.5. The molecule has 0 saturated carbocycles. The maximum Gasteiger partial charge on any atom is 0.227 e.